The number of H-pyrrole nitrogens is 1. The maximum absolute atomic E-state index is 14.2. The highest BCUT2D eigenvalue weighted by molar-refractivity contribution is 9.18. The van der Waals surface area contributed by atoms with Gasteiger partial charge in [-0.3, -0.25) is 0 Å². The number of nitrogens with one attached hydrogen (secondary N) is 1. The van der Waals surface area contributed by atoms with E-state index >= 15 is 0 Å². The van der Waals surface area contributed by atoms with Crippen molar-refractivity contribution < 1.29 is 22.0 Å². The Labute approximate surface area is 149 Å². The highest BCUT2D eigenvalue weighted by Gasteiger charge is 2.30. The number of halogens is 7. The lowest BCUT2D eigenvalue weighted by molar-refractivity contribution is 0.376. The molecule has 9 heteroatoms. The summed E-state index contributed by atoms with van der Waals surface area (Å²) in [5.41, 5.74) is -1.12. The van der Waals surface area contributed by atoms with Gasteiger partial charge in [-0.25, -0.2) is 26.9 Å². The molecule has 0 spiro atoms. The van der Waals surface area contributed by atoms with Gasteiger partial charge in [-0.15, -0.1) is 0 Å². The molecule has 124 valence electrons. The summed E-state index contributed by atoms with van der Waals surface area (Å²) in [6, 6.07) is 2.96. The highest BCUT2D eigenvalue weighted by Crippen LogP contribution is 2.36. The molecule has 24 heavy (non-hydrogen) atoms. The second kappa shape index (κ2) is 6.29. The number of benzene rings is 1. The number of allylic oxidation sites excluding steroid dienone is 2. The van der Waals surface area contributed by atoms with Gasteiger partial charge >= 0.3 is 0 Å². The van der Waals surface area contributed by atoms with E-state index in [-0.39, 0.29) is 17.0 Å². The number of hydrogen-bond donors (Lipinski definition) is 1. The summed E-state index contributed by atoms with van der Waals surface area (Å²) in [5.74, 6) is -10.1. The summed E-state index contributed by atoms with van der Waals surface area (Å²) >= 11 is 6.22. The van der Waals surface area contributed by atoms with E-state index in [1.54, 1.807) is 0 Å². The fraction of sp³-hybridized carbons (Fsp3) is 0. The summed E-state index contributed by atoms with van der Waals surface area (Å²) in [5, 5.41) is 0. The Morgan fingerprint density at radius 3 is 1.88 bits per heavy atom. The van der Waals surface area contributed by atoms with Gasteiger partial charge in [-0.2, -0.15) is 0 Å². The molecule has 1 aromatic heterocycles. The van der Waals surface area contributed by atoms with Crippen LogP contribution in [0.25, 0.3) is 5.57 Å². The first kappa shape index (κ1) is 17.1. The normalized spacial score (nSPS) is 15.9. The van der Waals surface area contributed by atoms with Crippen LogP contribution in [0.4, 0.5) is 22.0 Å². The molecule has 0 atom stereocenters. The summed E-state index contributed by atoms with van der Waals surface area (Å²) in [7, 11) is 0. The molecular weight excluding hydrogens is 463 g/mol. The van der Waals surface area contributed by atoms with Gasteiger partial charge in [0, 0.05) is 11.3 Å². The largest absolute Gasteiger partial charge is 0.349 e. The van der Waals surface area contributed by atoms with E-state index in [1.165, 1.54) is 24.3 Å². The zero-order valence-electron chi connectivity index (χ0n) is 11.4. The first-order valence-electron chi connectivity index (χ1n) is 6.34. The third-order valence-electron chi connectivity index (χ3n) is 3.24. The smallest absolute Gasteiger partial charge is 0.200 e. The fourth-order valence-corrected chi connectivity index (χ4v) is 2.88. The number of aliphatic imine (C=N–C) groups is 1. The van der Waals surface area contributed by atoms with Gasteiger partial charge in [0.1, 0.15) is 4.62 Å². The molecule has 3 rings (SSSR count). The number of nitrogens with zero attached hydrogens (tertiary/aromatic N) is 1. The monoisotopic (exact) mass is 466 g/mol. The third-order valence-corrected chi connectivity index (χ3v) is 4.15. The van der Waals surface area contributed by atoms with Crippen LogP contribution in [0.5, 0.6) is 0 Å². The third kappa shape index (κ3) is 2.75. The summed E-state index contributed by atoms with van der Waals surface area (Å²) in [6.07, 6.45) is 2.88. The lowest BCUT2D eigenvalue weighted by Crippen LogP contribution is -2.08. The van der Waals surface area contributed by atoms with Crippen LogP contribution in [0.2, 0.25) is 0 Å². The molecule has 2 aromatic rings. The molecular formula is C15H5Br2F5N2. The predicted octanol–water partition coefficient (Wildman–Crippen LogP) is 5.60. The van der Waals surface area contributed by atoms with Crippen LogP contribution in [0, 0.1) is 29.1 Å². The van der Waals surface area contributed by atoms with Gasteiger partial charge in [-0.05, 0) is 56.1 Å². The van der Waals surface area contributed by atoms with E-state index in [4.69, 9.17) is 0 Å². The second-order valence-corrected chi connectivity index (χ2v) is 6.36. The molecule has 1 aliphatic heterocycles. The van der Waals surface area contributed by atoms with E-state index < -0.39 is 34.6 Å². The molecule has 0 amide bonds. The summed E-state index contributed by atoms with van der Waals surface area (Å²) in [6.45, 7) is 0. The Kier molecular flexibility index (Phi) is 4.48. The Morgan fingerprint density at radius 1 is 0.833 bits per heavy atom. The van der Waals surface area contributed by atoms with Gasteiger partial charge < -0.3 is 4.98 Å². The topological polar surface area (TPSA) is 28.1 Å². The van der Waals surface area contributed by atoms with Crippen LogP contribution >= 0.6 is 31.9 Å². The van der Waals surface area contributed by atoms with Gasteiger partial charge in [0.15, 0.2) is 23.3 Å². The Bertz CT molecular complexity index is 915. The zero-order chi connectivity index (χ0) is 17.6. The van der Waals surface area contributed by atoms with Crippen molar-refractivity contribution >= 4 is 42.1 Å². The van der Waals surface area contributed by atoms with Crippen molar-refractivity contribution in [3.63, 3.8) is 0 Å². The fourth-order valence-electron chi connectivity index (χ4n) is 2.22. The SMILES string of the molecule is Fc1c(F)c(F)c(/C(=C2/C=CC(Br)=N2)c2ccc(Br)[nH]2)c(F)c1F. The minimum atomic E-state index is -2.21. The molecule has 0 saturated heterocycles. The lowest BCUT2D eigenvalue weighted by atomic mass is 9.98. The molecule has 2 heterocycles. The molecule has 1 aliphatic rings. The van der Waals surface area contributed by atoms with E-state index in [9.17, 15) is 22.0 Å². The van der Waals surface area contributed by atoms with Crippen molar-refractivity contribution in [2.75, 3.05) is 0 Å². The number of aromatic nitrogens is 1. The van der Waals surface area contributed by atoms with Crippen LogP contribution in [0.15, 0.2) is 39.6 Å². The van der Waals surface area contributed by atoms with Crippen LogP contribution in [-0.2, 0) is 0 Å². The number of rotatable bonds is 2. The van der Waals surface area contributed by atoms with Gasteiger partial charge in [0.2, 0.25) is 5.82 Å². The maximum Gasteiger partial charge on any atom is 0.200 e. The Balaban J connectivity index is 2.40. The summed E-state index contributed by atoms with van der Waals surface area (Å²) in [4.78, 5) is 6.75. The van der Waals surface area contributed by atoms with E-state index in [1.807, 2.05) is 0 Å². The average molecular weight is 468 g/mol. The lowest BCUT2D eigenvalue weighted by Gasteiger charge is -2.12. The van der Waals surface area contributed by atoms with Gasteiger partial charge in [0.25, 0.3) is 0 Å². The minimum Gasteiger partial charge on any atom is -0.349 e. The number of aromatic amines is 1. The molecule has 0 fully saturated rings. The molecule has 1 aromatic carbocycles. The summed E-state index contributed by atoms with van der Waals surface area (Å²) < 4.78 is 69.7. The standard InChI is InChI=1S/C15H5Br2F5N2/c16-7-3-1-5(23-7)9(6-2-4-8(17)24-6)10-11(18)13(20)15(22)14(21)12(10)19/h1-4,23H/b9-6-. The maximum atomic E-state index is 14.2. The quantitative estimate of drug-likeness (QED) is 0.338. The first-order valence-corrected chi connectivity index (χ1v) is 7.93. The van der Waals surface area contributed by atoms with Crippen LogP contribution in [0.3, 0.4) is 0 Å². The average Bonchev–Trinajstić information content (AvgIpc) is 3.16. The number of hydrogen-bond acceptors (Lipinski definition) is 1. The van der Waals surface area contributed by atoms with Gasteiger partial charge in [0.05, 0.1) is 15.9 Å². The van der Waals surface area contributed by atoms with Crippen LogP contribution < -0.4 is 0 Å². The Morgan fingerprint density at radius 2 is 1.42 bits per heavy atom. The molecule has 0 radical (unpaired) electrons. The minimum absolute atomic E-state index is 0.0411. The van der Waals surface area contributed by atoms with Crippen molar-refractivity contribution in [2.45, 2.75) is 0 Å². The zero-order valence-corrected chi connectivity index (χ0v) is 14.6. The van der Waals surface area contributed by atoms with Crippen molar-refractivity contribution in [2.24, 2.45) is 4.99 Å². The van der Waals surface area contributed by atoms with Crippen molar-refractivity contribution in [1.29, 1.82) is 0 Å². The van der Waals surface area contributed by atoms with Crippen LogP contribution in [-0.4, -0.2) is 9.60 Å². The van der Waals surface area contributed by atoms with Crippen molar-refractivity contribution in [3.05, 3.63) is 74.9 Å². The molecule has 0 unspecified atom stereocenters. The van der Waals surface area contributed by atoms with Crippen LogP contribution in [0.1, 0.15) is 11.3 Å². The molecule has 0 aliphatic carbocycles. The highest BCUT2D eigenvalue weighted by atomic mass is 79.9. The van der Waals surface area contributed by atoms with E-state index in [0.29, 0.717) is 9.22 Å². The Hall–Kier alpha value is -1.74. The molecule has 0 saturated carbocycles. The van der Waals surface area contributed by atoms with E-state index in [0.717, 1.165) is 0 Å². The van der Waals surface area contributed by atoms with Crippen molar-refractivity contribution in [3.8, 4) is 0 Å². The van der Waals surface area contributed by atoms with E-state index in [2.05, 4.69) is 41.8 Å². The second-order valence-electron chi connectivity index (χ2n) is 4.69. The van der Waals surface area contributed by atoms with Crippen molar-refractivity contribution in [1.82, 2.24) is 4.98 Å². The first-order chi connectivity index (χ1) is 11.3. The molecule has 1 N–H and O–H groups in total. The molecule has 0 bridgehead atoms. The van der Waals surface area contributed by atoms with Gasteiger partial charge in [-0.1, -0.05) is 0 Å². The molecule has 2 nitrogen and oxygen atoms in total. The predicted molar refractivity (Wildman–Crippen MR) is 86.2 cm³/mol.